The van der Waals surface area contributed by atoms with E-state index >= 15 is 0 Å². The Balaban J connectivity index is 2.38. The Kier molecular flexibility index (Phi) is 1.70. The van der Waals surface area contributed by atoms with Crippen LogP contribution in [0.5, 0.6) is 0 Å². The van der Waals surface area contributed by atoms with Crippen LogP contribution < -0.4 is 5.43 Å². The van der Waals surface area contributed by atoms with E-state index in [2.05, 4.69) is 5.43 Å². The van der Waals surface area contributed by atoms with Gasteiger partial charge in [-0.15, -0.1) is 0 Å². The quantitative estimate of drug-likeness (QED) is 0.618. The Labute approximate surface area is 75.8 Å². The third-order valence-corrected chi connectivity index (χ3v) is 2.15. The maximum absolute atomic E-state index is 10.7. The molecule has 0 saturated carbocycles. The molecule has 0 aromatic heterocycles. The Morgan fingerprint density at radius 3 is 3.15 bits per heavy atom. The number of hydrogen-bond donors (Lipinski definition) is 2. The third kappa shape index (κ3) is 1.25. The lowest BCUT2D eigenvalue weighted by atomic mass is 10.1. The normalized spacial score (nSPS) is 20.4. The first-order valence-corrected chi connectivity index (χ1v) is 4.04. The SMILES string of the molecule is CC1=C2C=C(C(=O)O)C=CN2NC1. The van der Waals surface area contributed by atoms with Crippen molar-refractivity contribution in [2.24, 2.45) is 0 Å². The first-order valence-electron chi connectivity index (χ1n) is 4.04. The monoisotopic (exact) mass is 178 g/mol. The standard InChI is InChI=1S/C9H10N2O2/c1-6-5-10-11-3-2-7(9(12)13)4-8(6)11/h2-4,10H,5H2,1H3,(H,12,13). The van der Waals surface area contributed by atoms with Crippen molar-refractivity contribution in [3.8, 4) is 0 Å². The van der Waals surface area contributed by atoms with E-state index in [1.165, 1.54) is 0 Å². The molecule has 4 nitrogen and oxygen atoms in total. The van der Waals surface area contributed by atoms with E-state index < -0.39 is 5.97 Å². The smallest absolute Gasteiger partial charge is 0.335 e. The molecule has 0 saturated heterocycles. The fourth-order valence-electron chi connectivity index (χ4n) is 1.39. The molecule has 2 rings (SSSR count). The van der Waals surface area contributed by atoms with Crippen LogP contribution in [0.15, 0.2) is 35.2 Å². The number of rotatable bonds is 1. The molecular weight excluding hydrogens is 168 g/mol. The fraction of sp³-hybridized carbons (Fsp3) is 0.222. The summed E-state index contributed by atoms with van der Waals surface area (Å²) in [5.74, 6) is -0.886. The van der Waals surface area contributed by atoms with Crippen molar-refractivity contribution in [1.29, 1.82) is 0 Å². The molecule has 4 heteroatoms. The molecule has 0 atom stereocenters. The number of hydrogen-bond acceptors (Lipinski definition) is 3. The molecule has 0 radical (unpaired) electrons. The summed E-state index contributed by atoms with van der Waals surface area (Å²) in [4.78, 5) is 10.7. The van der Waals surface area contributed by atoms with Gasteiger partial charge >= 0.3 is 5.97 Å². The van der Waals surface area contributed by atoms with E-state index in [1.54, 1.807) is 18.4 Å². The largest absolute Gasteiger partial charge is 0.478 e. The molecule has 0 amide bonds. The highest BCUT2D eigenvalue weighted by Gasteiger charge is 2.20. The lowest BCUT2D eigenvalue weighted by Gasteiger charge is -2.19. The number of nitrogens with zero attached hydrogens (tertiary/aromatic N) is 1. The zero-order valence-electron chi connectivity index (χ0n) is 7.24. The van der Waals surface area contributed by atoms with E-state index in [-0.39, 0.29) is 0 Å². The van der Waals surface area contributed by atoms with Crippen LogP contribution in [0.25, 0.3) is 0 Å². The Morgan fingerprint density at radius 1 is 1.69 bits per heavy atom. The summed E-state index contributed by atoms with van der Waals surface area (Å²) in [5.41, 5.74) is 5.53. The van der Waals surface area contributed by atoms with Crippen molar-refractivity contribution in [1.82, 2.24) is 10.4 Å². The average Bonchev–Trinajstić information content (AvgIpc) is 2.47. The van der Waals surface area contributed by atoms with Gasteiger partial charge in [-0.3, -0.25) is 5.01 Å². The van der Waals surface area contributed by atoms with Crippen molar-refractivity contribution in [3.05, 3.63) is 35.2 Å². The van der Waals surface area contributed by atoms with Gasteiger partial charge in [-0.25, -0.2) is 10.2 Å². The number of nitrogens with one attached hydrogen (secondary N) is 1. The summed E-state index contributed by atoms with van der Waals surface area (Å²) in [6.45, 7) is 2.76. The summed E-state index contributed by atoms with van der Waals surface area (Å²) in [6.07, 6.45) is 4.99. The van der Waals surface area contributed by atoms with Crippen molar-refractivity contribution >= 4 is 5.97 Å². The van der Waals surface area contributed by atoms with Gasteiger partial charge in [0, 0.05) is 12.7 Å². The topological polar surface area (TPSA) is 52.6 Å². The first-order chi connectivity index (χ1) is 6.18. The van der Waals surface area contributed by atoms with Crippen LogP contribution in [-0.2, 0) is 4.79 Å². The van der Waals surface area contributed by atoms with Crippen LogP contribution in [-0.4, -0.2) is 22.6 Å². The zero-order valence-corrected chi connectivity index (χ0v) is 7.24. The van der Waals surface area contributed by atoms with Crippen LogP contribution in [0.3, 0.4) is 0 Å². The van der Waals surface area contributed by atoms with Crippen molar-refractivity contribution in [3.63, 3.8) is 0 Å². The van der Waals surface area contributed by atoms with E-state index in [0.717, 1.165) is 17.8 Å². The van der Waals surface area contributed by atoms with Crippen LogP contribution in [0.4, 0.5) is 0 Å². The van der Waals surface area contributed by atoms with Crippen molar-refractivity contribution in [2.75, 3.05) is 6.54 Å². The highest BCUT2D eigenvalue weighted by atomic mass is 16.4. The molecule has 68 valence electrons. The summed E-state index contributed by atoms with van der Waals surface area (Å²) >= 11 is 0. The molecule has 0 aliphatic carbocycles. The first kappa shape index (κ1) is 8.07. The molecule has 2 aliphatic heterocycles. The lowest BCUT2D eigenvalue weighted by Crippen LogP contribution is -2.27. The maximum Gasteiger partial charge on any atom is 0.335 e. The molecule has 0 spiro atoms. The van der Waals surface area contributed by atoms with Crippen LogP contribution in [0.2, 0.25) is 0 Å². The summed E-state index contributed by atoms with van der Waals surface area (Å²) in [6, 6.07) is 0. The van der Waals surface area contributed by atoms with Crippen LogP contribution >= 0.6 is 0 Å². The van der Waals surface area contributed by atoms with E-state index in [9.17, 15) is 4.79 Å². The van der Waals surface area contributed by atoms with E-state index in [1.807, 2.05) is 11.9 Å². The van der Waals surface area contributed by atoms with Gasteiger partial charge in [0.1, 0.15) is 0 Å². The molecule has 0 bridgehead atoms. The summed E-state index contributed by atoms with van der Waals surface area (Å²) in [7, 11) is 0. The summed E-state index contributed by atoms with van der Waals surface area (Å²) in [5, 5.41) is 10.6. The van der Waals surface area contributed by atoms with Gasteiger partial charge in [0.05, 0.1) is 11.3 Å². The molecule has 2 N–H and O–H groups in total. The van der Waals surface area contributed by atoms with E-state index in [0.29, 0.717) is 5.57 Å². The van der Waals surface area contributed by atoms with Gasteiger partial charge in [-0.05, 0) is 24.6 Å². The molecular formula is C9H10N2O2. The molecule has 13 heavy (non-hydrogen) atoms. The molecule has 2 aliphatic rings. The van der Waals surface area contributed by atoms with Crippen molar-refractivity contribution < 1.29 is 9.90 Å². The predicted molar refractivity (Wildman–Crippen MR) is 47.4 cm³/mol. The lowest BCUT2D eigenvalue weighted by molar-refractivity contribution is -0.132. The molecule has 0 aromatic carbocycles. The number of carboxylic acids is 1. The highest BCUT2D eigenvalue weighted by molar-refractivity contribution is 5.90. The zero-order chi connectivity index (χ0) is 9.42. The van der Waals surface area contributed by atoms with Gasteiger partial charge in [0.2, 0.25) is 0 Å². The minimum atomic E-state index is -0.886. The molecule has 0 unspecified atom stereocenters. The Morgan fingerprint density at radius 2 is 2.46 bits per heavy atom. The third-order valence-electron chi connectivity index (χ3n) is 2.15. The number of carboxylic acid groups (broad SMARTS) is 1. The number of carbonyl (C=O) groups is 1. The predicted octanol–water partition coefficient (Wildman–Crippen LogP) is 0.619. The Bertz CT molecular complexity index is 353. The number of fused-ring (bicyclic) bond motifs is 1. The Hall–Kier alpha value is -1.55. The molecule has 0 aromatic rings. The van der Waals surface area contributed by atoms with Gasteiger partial charge in [0.15, 0.2) is 0 Å². The minimum Gasteiger partial charge on any atom is -0.478 e. The highest BCUT2D eigenvalue weighted by Crippen LogP contribution is 2.22. The number of allylic oxidation sites excluding steroid dienone is 1. The van der Waals surface area contributed by atoms with Gasteiger partial charge in [0.25, 0.3) is 0 Å². The van der Waals surface area contributed by atoms with Crippen LogP contribution in [0.1, 0.15) is 6.92 Å². The molecule has 2 heterocycles. The second kappa shape index (κ2) is 2.74. The van der Waals surface area contributed by atoms with Crippen LogP contribution in [0, 0.1) is 0 Å². The second-order valence-corrected chi connectivity index (χ2v) is 3.09. The average molecular weight is 178 g/mol. The molecule has 0 fully saturated rings. The van der Waals surface area contributed by atoms with Gasteiger partial charge in [-0.1, -0.05) is 0 Å². The fourth-order valence-corrected chi connectivity index (χ4v) is 1.39. The van der Waals surface area contributed by atoms with Gasteiger partial charge in [-0.2, -0.15) is 0 Å². The van der Waals surface area contributed by atoms with E-state index in [4.69, 9.17) is 5.11 Å². The van der Waals surface area contributed by atoms with Gasteiger partial charge < -0.3 is 5.11 Å². The minimum absolute atomic E-state index is 0.328. The second-order valence-electron chi connectivity index (χ2n) is 3.09. The number of hydrazine groups is 1. The number of aliphatic carboxylic acids is 1. The summed E-state index contributed by atoms with van der Waals surface area (Å²) < 4.78 is 0. The van der Waals surface area contributed by atoms with Crippen molar-refractivity contribution in [2.45, 2.75) is 6.92 Å². The maximum atomic E-state index is 10.7.